The Morgan fingerprint density at radius 2 is 2.32 bits per heavy atom. The minimum atomic E-state index is -0.482. The molecule has 8 heteroatoms. The first kappa shape index (κ1) is 13.6. The third kappa shape index (κ3) is 3.36. The molecule has 1 aromatic heterocycles. The Balaban J connectivity index is 2.11. The molecule has 1 heterocycles. The average molecular weight is 295 g/mol. The molecule has 1 aromatic carbocycles. The summed E-state index contributed by atoms with van der Waals surface area (Å²) in [6.07, 6.45) is 0. The van der Waals surface area contributed by atoms with Crippen molar-refractivity contribution in [3.63, 3.8) is 0 Å². The first-order valence-corrected chi connectivity index (χ1v) is 7.11. The summed E-state index contributed by atoms with van der Waals surface area (Å²) in [5, 5.41) is 18.3. The normalized spacial score (nSPS) is 10.4. The predicted molar refractivity (Wildman–Crippen MR) is 72.8 cm³/mol. The van der Waals surface area contributed by atoms with E-state index in [4.69, 9.17) is 0 Å². The van der Waals surface area contributed by atoms with Crippen LogP contribution in [0.5, 0.6) is 0 Å². The molecule has 2 aromatic rings. The number of carbonyl (C=O) groups is 1. The second-order valence-electron chi connectivity index (χ2n) is 3.67. The van der Waals surface area contributed by atoms with Gasteiger partial charge < -0.3 is 0 Å². The number of carbonyl (C=O) groups excluding carboxylic acids is 1. The summed E-state index contributed by atoms with van der Waals surface area (Å²) in [6, 6.07) is 4.50. The molecule has 0 fully saturated rings. The quantitative estimate of drug-likeness (QED) is 0.365. The van der Waals surface area contributed by atoms with Crippen LogP contribution in [0.15, 0.2) is 28.0 Å². The van der Waals surface area contributed by atoms with Gasteiger partial charge in [-0.3, -0.25) is 14.9 Å². The predicted octanol–water partition coefficient (Wildman–Crippen LogP) is 2.73. The van der Waals surface area contributed by atoms with Crippen LogP contribution < -0.4 is 0 Å². The van der Waals surface area contributed by atoms with Crippen molar-refractivity contribution >= 4 is 34.6 Å². The van der Waals surface area contributed by atoms with Gasteiger partial charge in [0.15, 0.2) is 10.1 Å². The number of Topliss-reactive ketones (excluding diaryl/α,β-unsaturated/α-hetero) is 1. The lowest BCUT2D eigenvalue weighted by atomic mass is 10.1. The Morgan fingerprint density at radius 1 is 1.53 bits per heavy atom. The zero-order chi connectivity index (χ0) is 13.8. The first-order chi connectivity index (χ1) is 9.08. The van der Waals surface area contributed by atoms with Crippen LogP contribution in [0.4, 0.5) is 5.69 Å². The number of thioether (sulfide) groups is 1. The van der Waals surface area contributed by atoms with E-state index in [1.54, 1.807) is 24.6 Å². The first-order valence-electron chi connectivity index (χ1n) is 5.25. The molecule has 0 radical (unpaired) electrons. The maximum Gasteiger partial charge on any atom is 0.273 e. The molecular formula is C11H9N3O3S2. The smallest absolute Gasteiger partial charge is 0.273 e. The lowest BCUT2D eigenvalue weighted by Gasteiger charge is -2.01. The van der Waals surface area contributed by atoms with E-state index in [0.717, 1.165) is 0 Å². The van der Waals surface area contributed by atoms with Gasteiger partial charge in [-0.25, -0.2) is 0 Å². The minimum absolute atomic E-state index is 0.0354. The zero-order valence-electron chi connectivity index (χ0n) is 9.90. The van der Waals surface area contributed by atoms with Gasteiger partial charge in [0.2, 0.25) is 0 Å². The summed E-state index contributed by atoms with van der Waals surface area (Å²) < 4.78 is 0.704. The molecule has 0 atom stereocenters. The summed E-state index contributed by atoms with van der Waals surface area (Å²) in [6.45, 7) is 1.64. The van der Waals surface area contributed by atoms with Crippen molar-refractivity contribution in [1.82, 2.24) is 10.2 Å². The molecule has 0 unspecified atom stereocenters. The van der Waals surface area contributed by atoms with E-state index in [-0.39, 0.29) is 17.2 Å². The Hall–Kier alpha value is -1.80. The van der Waals surface area contributed by atoms with Gasteiger partial charge in [0, 0.05) is 17.2 Å². The Morgan fingerprint density at radius 3 is 2.95 bits per heavy atom. The SMILES string of the molecule is Cc1ccc(C(=O)CSc2nncs2)cc1[N+](=O)[O-]. The third-order valence-corrected chi connectivity index (χ3v) is 4.25. The van der Waals surface area contributed by atoms with Gasteiger partial charge in [0.1, 0.15) is 5.51 Å². The number of hydrogen-bond acceptors (Lipinski definition) is 7. The minimum Gasteiger partial charge on any atom is -0.293 e. The van der Waals surface area contributed by atoms with Crippen molar-refractivity contribution in [3.8, 4) is 0 Å². The average Bonchev–Trinajstić information content (AvgIpc) is 2.89. The van der Waals surface area contributed by atoms with Gasteiger partial charge in [-0.15, -0.1) is 10.2 Å². The number of nitro benzene ring substituents is 1. The summed E-state index contributed by atoms with van der Waals surface area (Å²) >= 11 is 2.62. The summed E-state index contributed by atoms with van der Waals surface area (Å²) in [7, 11) is 0. The van der Waals surface area contributed by atoms with E-state index in [1.807, 2.05) is 0 Å². The van der Waals surface area contributed by atoms with Crippen LogP contribution in [-0.2, 0) is 0 Å². The number of aromatic nitrogens is 2. The second kappa shape index (κ2) is 5.89. The molecule has 0 aliphatic rings. The van der Waals surface area contributed by atoms with Crippen LogP contribution in [0.1, 0.15) is 15.9 Å². The molecule has 19 heavy (non-hydrogen) atoms. The van der Waals surface area contributed by atoms with Crippen molar-refractivity contribution in [2.75, 3.05) is 5.75 Å². The van der Waals surface area contributed by atoms with Crippen molar-refractivity contribution in [2.24, 2.45) is 0 Å². The van der Waals surface area contributed by atoms with Crippen molar-refractivity contribution in [2.45, 2.75) is 11.3 Å². The number of hydrogen-bond donors (Lipinski definition) is 0. The highest BCUT2D eigenvalue weighted by Gasteiger charge is 2.15. The molecular weight excluding hydrogens is 286 g/mol. The molecule has 0 saturated heterocycles. The molecule has 0 N–H and O–H groups in total. The van der Waals surface area contributed by atoms with E-state index in [9.17, 15) is 14.9 Å². The third-order valence-electron chi connectivity index (χ3n) is 2.39. The number of nitro groups is 1. The van der Waals surface area contributed by atoms with Gasteiger partial charge in [-0.1, -0.05) is 35.2 Å². The fraction of sp³-hybridized carbons (Fsp3) is 0.182. The van der Waals surface area contributed by atoms with Crippen LogP contribution in [0.3, 0.4) is 0 Å². The summed E-state index contributed by atoms with van der Waals surface area (Å²) in [5.41, 5.74) is 2.43. The van der Waals surface area contributed by atoms with Gasteiger partial charge >= 0.3 is 0 Å². The Kier molecular flexibility index (Phi) is 4.23. The highest BCUT2D eigenvalue weighted by molar-refractivity contribution is 8.01. The van der Waals surface area contributed by atoms with E-state index < -0.39 is 4.92 Å². The molecule has 0 bridgehead atoms. The van der Waals surface area contributed by atoms with Crippen LogP contribution in [0.2, 0.25) is 0 Å². The maximum absolute atomic E-state index is 11.9. The lowest BCUT2D eigenvalue weighted by molar-refractivity contribution is -0.385. The molecule has 6 nitrogen and oxygen atoms in total. The molecule has 0 aliphatic heterocycles. The fourth-order valence-electron chi connectivity index (χ4n) is 1.42. The molecule has 2 rings (SSSR count). The highest BCUT2D eigenvalue weighted by atomic mass is 32.2. The highest BCUT2D eigenvalue weighted by Crippen LogP contribution is 2.23. The van der Waals surface area contributed by atoms with Crippen molar-refractivity contribution in [1.29, 1.82) is 0 Å². The van der Waals surface area contributed by atoms with Crippen LogP contribution in [0, 0.1) is 17.0 Å². The van der Waals surface area contributed by atoms with Crippen LogP contribution in [-0.4, -0.2) is 26.7 Å². The standard InChI is InChI=1S/C11H9N3O3S2/c1-7-2-3-8(4-9(7)14(16)17)10(15)5-18-11-13-12-6-19-11/h2-4,6H,5H2,1H3. The Bertz CT molecular complexity index is 614. The summed E-state index contributed by atoms with van der Waals surface area (Å²) in [4.78, 5) is 22.3. The van der Waals surface area contributed by atoms with E-state index in [0.29, 0.717) is 15.5 Å². The Labute approximate surface area is 117 Å². The van der Waals surface area contributed by atoms with Crippen molar-refractivity contribution in [3.05, 3.63) is 45.0 Å². The number of benzene rings is 1. The molecule has 0 amide bonds. The monoisotopic (exact) mass is 295 g/mol. The number of nitrogens with zero attached hydrogens (tertiary/aromatic N) is 3. The van der Waals surface area contributed by atoms with E-state index >= 15 is 0 Å². The van der Waals surface area contributed by atoms with Crippen LogP contribution >= 0.6 is 23.1 Å². The second-order valence-corrected chi connectivity index (χ2v) is 5.73. The fourth-order valence-corrected chi connectivity index (χ4v) is 2.80. The molecule has 0 spiro atoms. The van der Waals surface area contributed by atoms with Crippen LogP contribution in [0.25, 0.3) is 0 Å². The van der Waals surface area contributed by atoms with E-state index in [2.05, 4.69) is 10.2 Å². The van der Waals surface area contributed by atoms with Gasteiger partial charge in [0.05, 0.1) is 10.7 Å². The summed E-state index contributed by atoms with van der Waals surface area (Å²) in [5.74, 6) is 0.0263. The topological polar surface area (TPSA) is 86.0 Å². The lowest BCUT2D eigenvalue weighted by Crippen LogP contribution is -2.04. The zero-order valence-corrected chi connectivity index (χ0v) is 11.5. The number of aryl methyl sites for hydroxylation is 1. The molecule has 0 aliphatic carbocycles. The number of rotatable bonds is 5. The maximum atomic E-state index is 11.9. The van der Waals surface area contributed by atoms with Gasteiger partial charge in [-0.05, 0) is 6.92 Å². The van der Waals surface area contributed by atoms with Gasteiger partial charge in [-0.2, -0.15) is 0 Å². The largest absolute Gasteiger partial charge is 0.293 e. The van der Waals surface area contributed by atoms with Gasteiger partial charge in [0.25, 0.3) is 5.69 Å². The molecule has 0 saturated carbocycles. The number of ketones is 1. The van der Waals surface area contributed by atoms with E-state index in [1.165, 1.54) is 29.2 Å². The molecule has 98 valence electrons. The van der Waals surface area contributed by atoms with Crippen molar-refractivity contribution < 1.29 is 9.72 Å².